The second kappa shape index (κ2) is 7.40. The third kappa shape index (κ3) is 3.78. The van der Waals surface area contributed by atoms with Crippen LogP contribution in [0.3, 0.4) is 0 Å². The largest absolute Gasteiger partial charge is 0.372 e. The van der Waals surface area contributed by atoms with Gasteiger partial charge in [0.2, 0.25) is 0 Å². The third-order valence-electron chi connectivity index (χ3n) is 4.36. The maximum atomic E-state index is 6.10. The molecule has 0 spiro atoms. The van der Waals surface area contributed by atoms with Gasteiger partial charge in [-0.1, -0.05) is 58.4 Å². The highest BCUT2D eigenvalue weighted by molar-refractivity contribution is 9.10. The fourth-order valence-electron chi connectivity index (χ4n) is 3.05. The minimum absolute atomic E-state index is 0.145. The van der Waals surface area contributed by atoms with Gasteiger partial charge in [-0.2, -0.15) is 0 Å². The number of rotatable bonds is 3. The summed E-state index contributed by atoms with van der Waals surface area (Å²) in [5.74, 6) is 0. The van der Waals surface area contributed by atoms with Gasteiger partial charge in [-0.15, -0.1) is 0 Å². The smallest absolute Gasteiger partial charge is 0.0952 e. The van der Waals surface area contributed by atoms with Crippen LogP contribution in [0.2, 0.25) is 0 Å². The normalized spacial score (nSPS) is 21.3. The second-order valence-electron chi connectivity index (χ2n) is 5.85. The number of hydrogen-bond donors (Lipinski definition) is 0. The van der Waals surface area contributed by atoms with Crippen LogP contribution in [0.1, 0.15) is 36.6 Å². The van der Waals surface area contributed by atoms with E-state index in [0.29, 0.717) is 6.04 Å². The average Bonchev–Trinajstić information content (AvgIpc) is 2.81. The van der Waals surface area contributed by atoms with Crippen molar-refractivity contribution >= 4 is 15.9 Å². The summed E-state index contributed by atoms with van der Waals surface area (Å²) in [6.45, 7) is 5.14. The molecule has 0 bridgehead atoms. The van der Waals surface area contributed by atoms with Crippen molar-refractivity contribution in [3.63, 3.8) is 0 Å². The minimum Gasteiger partial charge on any atom is -0.372 e. The zero-order valence-electron chi connectivity index (χ0n) is 12.9. The molecular formula is C19H22BrNO. The summed E-state index contributed by atoms with van der Waals surface area (Å²) >= 11 is 3.56. The molecule has 2 nitrogen and oxygen atoms in total. The molecule has 0 aliphatic carbocycles. The van der Waals surface area contributed by atoms with Crippen LogP contribution in [-0.4, -0.2) is 24.6 Å². The molecule has 1 aliphatic rings. The SMILES string of the molecule is C[C@H](c1ccccc1)N1CCCOC(c2cccc(Br)c2)C1. The van der Waals surface area contributed by atoms with Gasteiger partial charge in [0.25, 0.3) is 0 Å². The Hall–Kier alpha value is -1.16. The van der Waals surface area contributed by atoms with E-state index in [2.05, 4.69) is 82.4 Å². The summed E-state index contributed by atoms with van der Waals surface area (Å²) in [6, 6.07) is 19.6. The highest BCUT2D eigenvalue weighted by Crippen LogP contribution is 2.29. The van der Waals surface area contributed by atoms with Gasteiger partial charge < -0.3 is 4.74 Å². The Morgan fingerprint density at radius 1 is 1.14 bits per heavy atom. The van der Waals surface area contributed by atoms with Gasteiger partial charge in [0, 0.05) is 30.2 Å². The van der Waals surface area contributed by atoms with Crippen LogP contribution in [0.15, 0.2) is 59.1 Å². The maximum absolute atomic E-state index is 6.10. The summed E-state index contributed by atoms with van der Waals surface area (Å²) < 4.78 is 7.21. The molecule has 1 fully saturated rings. The number of benzene rings is 2. The first-order valence-electron chi connectivity index (χ1n) is 7.90. The molecule has 3 rings (SSSR count). The second-order valence-corrected chi connectivity index (χ2v) is 6.77. The number of nitrogens with zero attached hydrogens (tertiary/aromatic N) is 1. The monoisotopic (exact) mass is 359 g/mol. The van der Waals surface area contributed by atoms with Crippen LogP contribution < -0.4 is 0 Å². The molecule has 1 heterocycles. The molecule has 2 aromatic rings. The molecule has 0 saturated carbocycles. The molecule has 1 saturated heterocycles. The van der Waals surface area contributed by atoms with Crippen LogP contribution in [-0.2, 0) is 4.74 Å². The third-order valence-corrected chi connectivity index (χ3v) is 4.85. The van der Waals surface area contributed by atoms with Gasteiger partial charge in [0.1, 0.15) is 0 Å². The van der Waals surface area contributed by atoms with Crippen LogP contribution in [0.25, 0.3) is 0 Å². The van der Waals surface area contributed by atoms with E-state index in [-0.39, 0.29) is 6.10 Å². The van der Waals surface area contributed by atoms with E-state index in [1.807, 2.05) is 0 Å². The lowest BCUT2D eigenvalue weighted by Crippen LogP contribution is -2.30. The van der Waals surface area contributed by atoms with Crippen molar-refractivity contribution < 1.29 is 4.74 Å². The molecule has 0 amide bonds. The molecule has 22 heavy (non-hydrogen) atoms. The van der Waals surface area contributed by atoms with Crippen molar-refractivity contribution in [2.45, 2.75) is 25.5 Å². The maximum Gasteiger partial charge on any atom is 0.0952 e. The molecular weight excluding hydrogens is 338 g/mol. The van der Waals surface area contributed by atoms with E-state index in [1.165, 1.54) is 11.1 Å². The van der Waals surface area contributed by atoms with Crippen molar-refractivity contribution in [2.75, 3.05) is 19.7 Å². The highest BCUT2D eigenvalue weighted by atomic mass is 79.9. The minimum atomic E-state index is 0.145. The van der Waals surface area contributed by atoms with Crippen molar-refractivity contribution in [1.29, 1.82) is 0 Å². The van der Waals surface area contributed by atoms with Crippen LogP contribution >= 0.6 is 15.9 Å². The zero-order chi connectivity index (χ0) is 15.4. The van der Waals surface area contributed by atoms with E-state index in [9.17, 15) is 0 Å². The van der Waals surface area contributed by atoms with Crippen LogP contribution in [0.4, 0.5) is 0 Å². The first-order chi connectivity index (χ1) is 10.7. The molecule has 0 aromatic heterocycles. The number of halogens is 1. The van der Waals surface area contributed by atoms with E-state index >= 15 is 0 Å². The molecule has 0 N–H and O–H groups in total. The highest BCUT2D eigenvalue weighted by Gasteiger charge is 2.24. The summed E-state index contributed by atoms with van der Waals surface area (Å²) in [4.78, 5) is 2.54. The Balaban J connectivity index is 1.78. The summed E-state index contributed by atoms with van der Waals surface area (Å²) in [5.41, 5.74) is 2.62. The molecule has 116 valence electrons. The molecule has 1 unspecified atom stereocenters. The van der Waals surface area contributed by atoms with E-state index in [1.54, 1.807) is 0 Å². The molecule has 1 aliphatic heterocycles. The van der Waals surface area contributed by atoms with Crippen LogP contribution in [0.5, 0.6) is 0 Å². The first kappa shape index (κ1) is 15.7. The van der Waals surface area contributed by atoms with E-state index in [4.69, 9.17) is 4.74 Å². The quantitative estimate of drug-likeness (QED) is 0.766. The lowest BCUT2D eigenvalue weighted by Gasteiger charge is -2.30. The zero-order valence-corrected chi connectivity index (χ0v) is 14.5. The standard InChI is InChI=1S/C19H22BrNO/c1-15(16-7-3-2-4-8-16)21-11-6-12-22-19(14-21)17-9-5-10-18(20)13-17/h2-5,7-10,13,15,19H,6,11-12,14H2,1H3/t15-,19?/m1/s1. The topological polar surface area (TPSA) is 12.5 Å². The summed E-state index contributed by atoms with van der Waals surface area (Å²) in [6.07, 6.45) is 1.23. The Kier molecular flexibility index (Phi) is 5.29. The Morgan fingerprint density at radius 3 is 2.73 bits per heavy atom. The van der Waals surface area contributed by atoms with Gasteiger partial charge in [-0.05, 0) is 36.6 Å². The summed E-state index contributed by atoms with van der Waals surface area (Å²) in [5, 5.41) is 0. The molecule has 3 heteroatoms. The fraction of sp³-hybridized carbons (Fsp3) is 0.368. The lowest BCUT2D eigenvalue weighted by molar-refractivity contribution is 0.0482. The Morgan fingerprint density at radius 2 is 1.95 bits per heavy atom. The van der Waals surface area contributed by atoms with Crippen molar-refractivity contribution in [3.8, 4) is 0 Å². The Bertz CT molecular complexity index is 601. The summed E-state index contributed by atoms with van der Waals surface area (Å²) in [7, 11) is 0. The van der Waals surface area contributed by atoms with Gasteiger partial charge in [0.05, 0.1) is 6.10 Å². The van der Waals surface area contributed by atoms with Crippen molar-refractivity contribution in [1.82, 2.24) is 4.90 Å². The van der Waals surface area contributed by atoms with Gasteiger partial charge in [0.15, 0.2) is 0 Å². The molecule has 2 aromatic carbocycles. The van der Waals surface area contributed by atoms with E-state index < -0.39 is 0 Å². The molecule has 0 radical (unpaired) electrons. The Labute approximate surface area is 141 Å². The predicted octanol–water partition coefficient (Wildman–Crippen LogP) is 4.97. The fourth-order valence-corrected chi connectivity index (χ4v) is 3.47. The lowest BCUT2D eigenvalue weighted by atomic mass is 10.0. The van der Waals surface area contributed by atoms with Crippen molar-refractivity contribution in [2.24, 2.45) is 0 Å². The van der Waals surface area contributed by atoms with Crippen LogP contribution in [0, 0.1) is 0 Å². The van der Waals surface area contributed by atoms with E-state index in [0.717, 1.165) is 30.6 Å². The number of hydrogen-bond acceptors (Lipinski definition) is 2. The van der Waals surface area contributed by atoms with Gasteiger partial charge in [-0.3, -0.25) is 4.90 Å². The van der Waals surface area contributed by atoms with Gasteiger partial charge >= 0.3 is 0 Å². The van der Waals surface area contributed by atoms with Crippen molar-refractivity contribution in [3.05, 3.63) is 70.2 Å². The average molecular weight is 360 g/mol. The van der Waals surface area contributed by atoms with Gasteiger partial charge in [-0.25, -0.2) is 0 Å². The first-order valence-corrected chi connectivity index (χ1v) is 8.69. The molecule has 2 atom stereocenters. The predicted molar refractivity (Wildman–Crippen MR) is 93.9 cm³/mol. The number of ether oxygens (including phenoxy) is 1.